The van der Waals surface area contributed by atoms with E-state index >= 15 is 0 Å². The Balaban J connectivity index is 2.14. The molecule has 1 amide bonds. The smallest absolute Gasteiger partial charge is 0.251 e. The van der Waals surface area contributed by atoms with Crippen molar-refractivity contribution in [3.8, 4) is 5.75 Å². The van der Waals surface area contributed by atoms with Gasteiger partial charge in [-0.15, -0.1) is 0 Å². The van der Waals surface area contributed by atoms with Gasteiger partial charge in [0.25, 0.3) is 5.91 Å². The van der Waals surface area contributed by atoms with Crippen LogP contribution in [0.2, 0.25) is 0 Å². The predicted octanol–water partition coefficient (Wildman–Crippen LogP) is 4.50. The molecule has 1 N–H and O–H groups in total. The molecule has 3 nitrogen and oxygen atoms in total. The van der Waals surface area contributed by atoms with Crippen LogP contribution in [0.3, 0.4) is 0 Å². The minimum absolute atomic E-state index is 0.140. The molecule has 0 saturated heterocycles. The first-order valence-electron chi connectivity index (χ1n) is 6.48. The van der Waals surface area contributed by atoms with E-state index in [-0.39, 0.29) is 5.91 Å². The van der Waals surface area contributed by atoms with Crippen molar-refractivity contribution in [2.75, 3.05) is 12.4 Å². The number of rotatable bonds is 4. The Hall–Kier alpha value is -2.07. The van der Waals surface area contributed by atoms with Gasteiger partial charge in [-0.1, -0.05) is 46.3 Å². The lowest BCUT2D eigenvalue weighted by molar-refractivity contribution is -0.112. The van der Waals surface area contributed by atoms with E-state index in [2.05, 4.69) is 21.2 Å². The summed E-state index contributed by atoms with van der Waals surface area (Å²) in [6.07, 6.45) is 1.85. The van der Waals surface area contributed by atoms with Gasteiger partial charge in [0.1, 0.15) is 5.75 Å². The Morgan fingerprint density at radius 1 is 1.19 bits per heavy atom. The summed E-state index contributed by atoms with van der Waals surface area (Å²) in [5, 5.41) is 2.86. The van der Waals surface area contributed by atoms with E-state index in [9.17, 15) is 4.79 Å². The third-order valence-corrected chi connectivity index (χ3v) is 3.36. The highest BCUT2D eigenvalue weighted by Gasteiger charge is 2.07. The molecule has 0 atom stereocenters. The summed E-state index contributed by atoms with van der Waals surface area (Å²) in [7, 11) is 1.59. The summed E-state index contributed by atoms with van der Waals surface area (Å²) in [5.41, 5.74) is 2.32. The summed E-state index contributed by atoms with van der Waals surface area (Å²) in [6, 6.07) is 15.2. The molecule has 21 heavy (non-hydrogen) atoms. The molecule has 0 aliphatic carbocycles. The minimum Gasteiger partial charge on any atom is -0.497 e. The van der Waals surface area contributed by atoms with Crippen LogP contribution in [0.4, 0.5) is 5.69 Å². The topological polar surface area (TPSA) is 38.3 Å². The summed E-state index contributed by atoms with van der Waals surface area (Å²) in [5.74, 6) is 0.545. The van der Waals surface area contributed by atoms with E-state index in [1.807, 2.05) is 48.5 Å². The fourth-order valence-electron chi connectivity index (χ4n) is 1.85. The average molecular weight is 346 g/mol. The number of methoxy groups -OCH3 is 1. The van der Waals surface area contributed by atoms with Crippen molar-refractivity contribution in [2.24, 2.45) is 0 Å². The van der Waals surface area contributed by atoms with E-state index in [4.69, 9.17) is 4.74 Å². The molecule has 4 heteroatoms. The summed E-state index contributed by atoms with van der Waals surface area (Å²) < 4.78 is 6.03. The lowest BCUT2D eigenvalue weighted by Crippen LogP contribution is -2.12. The Kier molecular flexibility index (Phi) is 5.17. The highest BCUT2D eigenvalue weighted by atomic mass is 79.9. The number of nitrogens with one attached hydrogen (secondary N) is 1. The van der Waals surface area contributed by atoms with Crippen LogP contribution in [0.1, 0.15) is 12.5 Å². The van der Waals surface area contributed by atoms with Gasteiger partial charge in [0.15, 0.2) is 0 Å². The van der Waals surface area contributed by atoms with Crippen LogP contribution in [-0.2, 0) is 4.79 Å². The zero-order chi connectivity index (χ0) is 15.2. The molecule has 0 aliphatic rings. The molecule has 0 aromatic heterocycles. The number of anilines is 1. The van der Waals surface area contributed by atoms with Gasteiger partial charge in [0.05, 0.1) is 7.11 Å². The molecule has 0 radical (unpaired) electrons. The normalized spacial score (nSPS) is 11.1. The molecule has 0 aliphatic heterocycles. The predicted molar refractivity (Wildman–Crippen MR) is 89.4 cm³/mol. The van der Waals surface area contributed by atoms with E-state index in [1.54, 1.807) is 20.1 Å². The maximum absolute atomic E-state index is 12.2. The number of halogens is 1. The second-order valence-corrected chi connectivity index (χ2v) is 5.49. The second-order valence-electron chi connectivity index (χ2n) is 4.57. The lowest BCUT2D eigenvalue weighted by atomic mass is 10.1. The van der Waals surface area contributed by atoms with Crippen LogP contribution >= 0.6 is 15.9 Å². The van der Waals surface area contributed by atoms with E-state index < -0.39 is 0 Å². The maximum atomic E-state index is 12.2. The van der Waals surface area contributed by atoms with Gasteiger partial charge in [-0.05, 0) is 30.7 Å². The zero-order valence-electron chi connectivity index (χ0n) is 11.9. The molecular weight excluding hydrogens is 330 g/mol. The van der Waals surface area contributed by atoms with Crippen LogP contribution in [0.5, 0.6) is 5.75 Å². The summed E-state index contributed by atoms with van der Waals surface area (Å²) in [4.78, 5) is 12.2. The number of ether oxygens (including phenoxy) is 1. The van der Waals surface area contributed by atoms with Crippen LogP contribution in [0.25, 0.3) is 6.08 Å². The molecule has 0 unspecified atom stereocenters. The first-order valence-corrected chi connectivity index (χ1v) is 7.27. The average Bonchev–Trinajstić information content (AvgIpc) is 2.47. The van der Waals surface area contributed by atoms with Gasteiger partial charge in [0, 0.05) is 21.8 Å². The van der Waals surface area contributed by atoms with Crippen molar-refractivity contribution in [2.45, 2.75) is 6.92 Å². The number of hydrogen-bond acceptors (Lipinski definition) is 2. The van der Waals surface area contributed by atoms with Gasteiger partial charge in [-0.2, -0.15) is 0 Å². The third-order valence-electron chi connectivity index (χ3n) is 2.91. The van der Waals surface area contributed by atoms with Crippen molar-refractivity contribution in [3.05, 3.63) is 64.1 Å². The first-order chi connectivity index (χ1) is 10.1. The summed E-state index contributed by atoms with van der Waals surface area (Å²) in [6.45, 7) is 1.79. The van der Waals surface area contributed by atoms with Crippen molar-refractivity contribution in [1.29, 1.82) is 0 Å². The van der Waals surface area contributed by atoms with Crippen LogP contribution in [-0.4, -0.2) is 13.0 Å². The van der Waals surface area contributed by atoms with Crippen molar-refractivity contribution in [1.82, 2.24) is 0 Å². The number of benzene rings is 2. The van der Waals surface area contributed by atoms with Crippen LogP contribution in [0, 0.1) is 0 Å². The highest BCUT2D eigenvalue weighted by molar-refractivity contribution is 9.10. The molecule has 0 heterocycles. The van der Waals surface area contributed by atoms with E-state index in [0.29, 0.717) is 17.0 Å². The summed E-state index contributed by atoms with van der Waals surface area (Å²) >= 11 is 3.39. The largest absolute Gasteiger partial charge is 0.497 e. The Labute approximate surface area is 132 Å². The van der Waals surface area contributed by atoms with Crippen molar-refractivity contribution in [3.63, 3.8) is 0 Å². The van der Waals surface area contributed by atoms with Gasteiger partial charge in [-0.25, -0.2) is 0 Å². The molecule has 0 spiro atoms. The molecule has 0 fully saturated rings. The number of carbonyl (C=O) groups excluding carboxylic acids is 1. The Bertz CT molecular complexity index is 666. The van der Waals surface area contributed by atoms with Gasteiger partial charge in [0.2, 0.25) is 0 Å². The molecule has 0 saturated carbocycles. The highest BCUT2D eigenvalue weighted by Crippen LogP contribution is 2.24. The monoisotopic (exact) mass is 345 g/mol. The molecule has 108 valence electrons. The van der Waals surface area contributed by atoms with Gasteiger partial charge in [-0.3, -0.25) is 4.79 Å². The second kappa shape index (κ2) is 7.09. The Morgan fingerprint density at radius 3 is 2.57 bits per heavy atom. The first kappa shape index (κ1) is 15.3. The van der Waals surface area contributed by atoms with Crippen LogP contribution < -0.4 is 10.1 Å². The Morgan fingerprint density at radius 2 is 1.90 bits per heavy atom. The third kappa shape index (κ3) is 4.46. The fourth-order valence-corrected chi connectivity index (χ4v) is 2.32. The standard InChI is InChI=1S/C17H16BrNO2/c1-12(8-13-6-4-3-5-7-13)17(20)19-15-9-14(18)10-16(11-15)21-2/h3-11H,1-2H3,(H,19,20). The number of carbonyl (C=O) groups is 1. The molecule has 2 aromatic carbocycles. The molecular formula is C17H16BrNO2. The van der Waals surface area contributed by atoms with E-state index in [0.717, 1.165) is 10.0 Å². The molecule has 0 bridgehead atoms. The quantitative estimate of drug-likeness (QED) is 0.828. The van der Waals surface area contributed by atoms with Gasteiger partial charge < -0.3 is 10.1 Å². The van der Waals surface area contributed by atoms with Crippen molar-refractivity contribution < 1.29 is 9.53 Å². The maximum Gasteiger partial charge on any atom is 0.251 e. The number of hydrogen-bond donors (Lipinski definition) is 1. The lowest BCUT2D eigenvalue weighted by Gasteiger charge is -2.08. The molecule has 2 aromatic rings. The van der Waals surface area contributed by atoms with Gasteiger partial charge >= 0.3 is 0 Å². The zero-order valence-corrected chi connectivity index (χ0v) is 13.5. The fraction of sp³-hybridized carbons (Fsp3) is 0.118. The molecule has 2 rings (SSSR count). The van der Waals surface area contributed by atoms with Crippen molar-refractivity contribution >= 4 is 33.6 Å². The van der Waals surface area contributed by atoms with E-state index in [1.165, 1.54) is 0 Å². The number of amides is 1. The SMILES string of the molecule is COc1cc(Br)cc(NC(=O)C(C)=Cc2ccccc2)c1. The van der Waals surface area contributed by atoms with Crippen LogP contribution in [0.15, 0.2) is 58.6 Å². The minimum atomic E-state index is -0.140.